The molecule has 1 aliphatic carbocycles. The second-order valence-electron chi connectivity index (χ2n) is 4.80. The molecule has 0 aliphatic heterocycles. The van der Waals surface area contributed by atoms with E-state index in [9.17, 15) is 9.59 Å². The van der Waals surface area contributed by atoms with Crippen LogP contribution in [0.25, 0.3) is 0 Å². The lowest BCUT2D eigenvalue weighted by molar-refractivity contribution is -0.146. The highest BCUT2D eigenvalue weighted by atomic mass is 16.4. The molecule has 0 spiro atoms. The number of aromatic nitrogens is 2. The third kappa shape index (κ3) is 3.09. The molecule has 98 valence electrons. The molecule has 1 saturated carbocycles. The van der Waals surface area contributed by atoms with Crippen LogP contribution in [0.2, 0.25) is 0 Å². The van der Waals surface area contributed by atoms with E-state index in [1.807, 2.05) is 13.1 Å². The summed E-state index contributed by atoms with van der Waals surface area (Å²) in [6, 6.07) is 0.0259. The summed E-state index contributed by atoms with van der Waals surface area (Å²) >= 11 is 0. The number of carboxylic acids is 1. The number of aryl methyl sites for hydroxylation is 2. The maximum atomic E-state index is 11.6. The molecular weight excluding hydrogens is 234 g/mol. The highest BCUT2D eigenvalue weighted by Gasteiger charge is 2.35. The SMILES string of the molecule is Cc1cnn(CCC(=O)NC2CC(C(=O)O)C2)c1. The van der Waals surface area contributed by atoms with Crippen molar-refractivity contribution >= 4 is 11.9 Å². The Labute approximate surface area is 105 Å². The van der Waals surface area contributed by atoms with Gasteiger partial charge in [0.1, 0.15) is 0 Å². The molecular formula is C12H17N3O3. The van der Waals surface area contributed by atoms with Gasteiger partial charge in [-0.05, 0) is 25.3 Å². The molecule has 1 heterocycles. The van der Waals surface area contributed by atoms with Crippen molar-refractivity contribution in [2.75, 3.05) is 0 Å². The van der Waals surface area contributed by atoms with Crippen LogP contribution in [0.4, 0.5) is 0 Å². The minimum absolute atomic E-state index is 0.0259. The number of carboxylic acid groups (broad SMARTS) is 1. The molecule has 0 aromatic carbocycles. The van der Waals surface area contributed by atoms with Gasteiger partial charge in [0.25, 0.3) is 0 Å². The molecule has 0 atom stereocenters. The van der Waals surface area contributed by atoms with Crippen molar-refractivity contribution in [3.63, 3.8) is 0 Å². The van der Waals surface area contributed by atoms with Gasteiger partial charge in [0, 0.05) is 25.2 Å². The van der Waals surface area contributed by atoms with E-state index in [2.05, 4.69) is 10.4 Å². The van der Waals surface area contributed by atoms with E-state index in [0.717, 1.165) is 5.56 Å². The Hall–Kier alpha value is -1.85. The van der Waals surface area contributed by atoms with E-state index in [-0.39, 0.29) is 17.9 Å². The highest BCUT2D eigenvalue weighted by molar-refractivity contribution is 5.77. The third-order valence-electron chi connectivity index (χ3n) is 3.18. The lowest BCUT2D eigenvalue weighted by Crippen LogP contribution is -2.46. The molecule has 1 aliphatic rings. The van der Waals surface area contributed by atoms with Crippen LogP contribution in [-0.2, 0) is 16.1 Å². The second kappa shape index (κ2) is 5.20. The van der Waals surface area contributed by atoms with E-state index in [1.165, 1.54) is 0 Å². The van der Waals surface area contributed by atoms with E-state index < -0.39 is 5.97 Å². The smallest absolute Gasteiger partial charge is 0.306 e. The number of carbonyl (C=O) groups excluding carboxylic acids is 1. The first kappa shape index (κ1) is 12.6. The molecule has 1 amide bonds. The molecule has 0 saturated heterocycles. The standard InChI is InChI=1S/C12H17N3O3/c1-8-6-13-15(7-8)3-2-11(16)14-10-4-9(5-10)12(17)18/h6-7,9-10H,2-5H2,1H3,(H,14,16)(H,17,18). The number of nitrogens with zero attached hydrogens (tertiary/aromatic N) is 2. The summed E-state index contributed by atoms with van der Waals surface area (Å²) < 4.78 is 1.73. The third-order valence-corrected chi connectivity index (χ3v) is 3.18. The highest BCUT2D eigenvalue weighted by Crippen LogP contribution is 2.27. The van der Waals surface area contributed by atoms with Crippen molar-refractivity contribution in [3.05, 3.63) is 18.0 Å². The van der Waals surface area contributed by atoms with Crippen molar-refractivity contribution in [1.82, 2.24) is 15.1 Å². The van der Waals surface area contributed by atoms with Crippen LogP contribution in [0.1, 0.15) is 24.8 Å². The van der Waals surface area contributed by atoms with Gasteiger partial charge in [-0.25, -0.2) is 0 Å². The number of hydrogen-bond donors (Lipinski definition) is 2. The fourth-order valence-corrected chi connectivity index (χ4v) is 2.04. The Balaban J connectivity index is 1.66. The number of rotatable bonds is 5. The fourth-order valence-electron chi connectivity index (χ4n) is 2.04. The van der Waals surface area contributed by atoms with E-state index in [4.69, 9.17) is 5.11 Å². The van der Waals surface area contributed by atoms with E-state index in [0.29, 0.717) is 25.8 Å². The summed E-state index contributed by atoms with van der Waals surface area (Å²) in [5, 5.41) is 15.6. The molecule has 18 heavy (non-hydrogen) atoms. The number of amides is 1. The van der Waals surface area contributed by atoms with Crippen molar-refractivity contribution in [3.8, 4) is 0 Å². The summed E-state index contributed by atoms with van der Waals surface area (Å²) in [4.78, 5) is 22.2. The zero-order valence-corrected chi connectivity index (χ0v) is 10.3. The Morgan fingerprint density at radius 1 is 1.56 bits per heavy atom. The van der Waals surface area contributed by atoms with Crippen molar-refractivity contribution in [2.45, 2.75) is 38.8 Å². The molecule has 2 N–H and O–H groups in total. The number of hydrogen-bond acceptors (Lipinski definition) is 3. The molecule has 6 nitrogen and oxygen atoms in total. The van der Waals surface area contributed by atoms with Gasteiger partial charge in [0.2, 0.25) is 5.91 Å². The van der Waals surface area contributed by atoms with Gasteiger partial charge in [0.05, 0.1) is 12.1 Å². The van der Waals surface area contributed by atoms with Gasteiger partial charge in [-0.3, -0.25) is 14.3 Å². The van der Waals surface area contributed by atoms with Crippen LogP contribution in [0, 0.1) is 12.8 Å². The first-order valence-corrected chi connectivity index (χ1v) is 6.06. The van der Waals surface area contributed by atoms with Crippen LogP contribution in [0.5, 0.6) is 0 Å². The van der Waals surface area contributed by atoms with Crippen LogP contribution in [-0.4, -0.2) is 32.8 Å². The normalized spacial score (nSPS) is 22.3. The largest absolute Gasteiger partial charge is 0.481 e. The van der Waals surface area contributed by atoms with Crippen molar-refractivity contribution < 1.29 is 14.7 Å². The first-order chi connectivity index (χ1) is 8.54. The number of aliphatic carboxylic acids is 1. The summed E-state index contributed by atoms with van der Waals surface area (Å²) in [7, 11) is 0. The van der Waals surface area contributed by atoms with Crippen LogP contribution < -0.4 is 5.32 Å². The summed E-state index contributed by atoms with van der Waals surface area (Å²) in [5.41, 5.74) is 1.07. The van der Waals surface area contributed by atoms with Gasteiger partial charge in [-0.1, -0.05) is 0 Å². The molecule has 1 aromatic heterocycles. The minimum atomic E-state index is -0.771. The Morgan fingerprint density at radius 2 is 2.28 bits per heavy atom. The summed E-state index contributed by atoms with van der Waals surface area (Å²) in [5.74, 6) is -1.10. The number of nitrogens with one attached hydrogen (secondary N) is 1. The van der Waals surface area contributed by atoms with Crippen LogP contribution >= 0.6 is 0 Å². The summed E-state index contributed by atoms with van der Waals surface area (Å²) in [6.07, 6.45) is 5.09. The van der Waals surface area contributed by atoms with Crippen molar-refractivity contribution in [2.24, 2.45) is 5.92 Å². The molecule has 1 fully saturated rings. The Kier molecular flexibility index (Phi) is 3.64. The van der Waals surface area contributed by atoms with Crippen LogP contribution in [0.15, 0.2) is 12.4 Å². The fraction of sp³-hybridized carbons (Fsp3) is 0.583. The topological polar surface area (TPSA) is 84.2 Å². The predicted molar refractivity (Wildman–Crippen MR) is 63.9 cm³/mol. The average Bonchev–Trinajstić information content (AvgIpc) is 2.65. The van der Waals surface area contributed by atoms with E-state index in [1.54, 1.807) is 10.9 Å². The minimum Gasteiger partial charge on any atom is -0.481 e. The van der Waals surface area contributed by atoms with Gasteiger partial charge in [-0.15, -0.1) is 0 Å². The molecule has 2 rings (SSSR count). The molecule has 0 unspecified atom stereocenters. The average molecular weight is 251 g/mol. The molecule has 6 heteroatoms. The van der Waals surface area contributed by atoms with Crippen molar-refractivity contribution in [1.29, 1.82) is 0 Å². The lowest BCUT2D eigenvalue weighted by atomic mass is 9.80. The second-order valence-corrected chi connectivity index (χ2v) is 4.80. The summed E-state index contributed by atoms with van der Waals surface area (Å²) in [6.45, 7) is 2.50. The van der Waals surface area contributed by atoms with Crippen LogP contribution in [0.3, 0.4) is 0 Å². The van der Waals surface area contributed by atoms with Gasteiger partial charge in [-0.2, -0.15) is 5.10 Å². The zero-order valence-electron chi connectivity index (χ0n) is 10.3. The zero-order chi connectivity index (χ0) is 13.1. The van der Waals surface area contributed by atoms with Gasteiger partial charge >= 0.3 is 5.97 Å². The monoisotopic (exact) mass is 251 g/mol. The quantitative estimate of drug-likeness (QED) is 0.801. The Bertz CT molecular complexity index is 449. The molecule has 1 aromatic rings. The maximum absolute atomic E-state index is 11.6. The van der Waals surface area contributed by atoms with Gasteiger partial charge in [0.15, 0.2) is 0 Å². The number of carbonyl (C=O) groups is 2. The lowest BCUT2D eigenvalue weighted by Gasteiger charge is -2.32. The molecule has 0 radical (unpaired) electrons. The van der Waals surface area contributed by atoms with Gasteiger partial charge < -0.3 is 10.4 Å². The molecule has 0 bridgehead atoms. The maximum Gasteiger partial charge on any atom is 0.306 e. The predicted octanol–water partition coefficient (Wildman–Crippen LogP) is 0.561. The first-order valence-electron chi connectivity index (χ1n) is 6.06. The van der Waals surface area contributed by atoms with E-state index >= 15 is 0 Å². The Morgan fingerprint density at radius 3 is 2.83 bits per heavy atom.